The lowest BCUT2D eigenvalue weighted by Crippen LogP contribution is -2.39. The Bertz CT molecular complexity index is 1280. The average molecular weight is 411 g/mol. The molecular weight excluding hydrogens is 390 g/mol. The van der Waals surface area contributed by atoms with Gasteiger partial charge in [-0.2, -0.15) is 4.68 Å². The van der Waals surface area contributed by atoms with E-state index in [1.807, 2.05) is 31.2 Å². The van der Waals surface area contributed by atoms with E-state index in [-0.39, 0.29) is 11.1 Å². The van der Waals surface area contributed by atoms with E-state index in [4.69, 9.17) is 4.74 Å². The number of rotatable bonds is 4. The van der Waals surface area contributed by atoms with Gasteiger partial charge in [-0.1, -0.05) is 23.5 Å². The third kappa shape index (κ3) is 3.21. The Morgan fingerprint density at radius 3 is 2.76 bits per heavy atom. The lowest BCUT2D eigenvalue weighted by atomic mass is 10.2. The van der Waals surface area contributed by atoms with E-state index < -0.39 is 0 Å². The first-order chi connectivity index (χ1) is 14.1. The molecule has 9 heteroatoms. The SMILES string of the molecule is Cc1c2c(=O)n(-c3nc4ccccc4s3)[nH]c2cc(=O)n1CCN1CCOCC1. The highest BCUT2D eigenvalue weighted by Crippen LogP contribution is 2.24. The number of hydrogen-bond donors (Lipinski definition) is 1. The number of morpholine rings is 1. The Morgan fingerprint density at radius 1 is 1.17 bits per heavy atom. The fourth-order valence-corrected chi connectivity index (χ4v) is 4.77. The van der Waals surface area contributed by atoms with Crippen LogP contribution in [-0.4, -0.2) is 57.1 Å². The maximum Gasteiger partial charge on any atom is 0.282 e. The first-order valence-electron chi connectivity index (χ1n) is 9.63. The minimum Gasteiger partial charge on any atom is -0.379 e. The summed E-state index contributed by atoms with van der Waals surface area (Å²) in [4.78, 5) is 32.7. The Morgan fingerprint density at radius 2 is 1.97 bits per heavy atom. The molecule has 1 aliphatic heterocycles. The van der Waals surface area contributed by atoms with Gasteiger partial charge in [0.25, 0.3) is 11.1 Å². The van der Waals surface area contributed by atoms with Crippen LogP contribution >= 0.6 is 11.3 Å². The summed E-state index contributed by atoms with van der Waals surface area (Å²) in [5.41, 5.74) is 1.78. The number of para-hydroxylation sites is 1. The molecule has 1 aliphatic rings. The Hall–Kier alpha value is -2.75. The quantitative estimate of drug-likeness (QED) is 0.553. The van der Waals surface area contributed by atoms with Crippen LogP contribution in [0.15, 0.2) is 39.9 Å². The molecule has 1 saturated heterocycles. The monoisotopic (exact) mass is 411 g/mol. The highest BCUT2D eigenvalue weighted by atomic mass is 32.1. The molecule has 0 bridgehead atoms. The van der Waals surface area contributed by atoms with Gasteiger partial charge in [0.2, 0.25) is 5.13 Å². The van der Waals surface area contributed by atoms with Crippen molar-refractivity contribution in [2.45, 2.75) is 13.5 Å². The van der Waals surface area contributed by atoms with E-state index in [1.165, 1.54) is 22.1 Å². The Labute approximate surface area is 169 Å². The predicted molar refractivity (Wildman–Crippen MR) is 113 cm³/mol. The van der Waals surface area contributed by atoms with Gasteiger partial charge in [0.05, 0.1) is 34.3 Å². The second-order valence-electron chi connectivity index (χ2n) is 7.18. The summed E-state index contributed by atoms with van der Waals surface area (Å²) in [6.45, 7) is 6.31. The van der Waals surface area contributed by atoms with Crippen molar-refractivity contribution in [2.24, 2.45) is 0 Å². The lowest BCUT2D eigenvalue weighted by molar-refractivity contribution is 0.0362. The molecule has 5 rings (SSSR count). The maximum absolute atomic E-state index is 13.2. The molecule has 1 fully saturated rings. The molecule has 29 heavy (non-hydrogen) atoms. The summed E-state index contributed by atoms with van der Waals surface area (Å²) >= 11 is 1.44. The van der Waals surface area contributed by atoms with Crippen LogP contribution in [0.25, 0.3) is 26.3 Å². The van der Waals surface area contributed by atoms with Gasteiger partial charge in [-0.05, 0) is 19.1 Å². The van der Waals surface area contributed by atoms with Crippen LogP contribution in [0.3, 0.4) is 0 Å². The summed E-state index contributed by atoms with van der Waals surface area (Å²) in [5, 5.41) is 4.17. The summed E-state index contributed by atoms with van der Waals surface area (Å²) in [5.74, 6) is 0. The van der Waals surface area contributed by atoms with Crippen molar-refractivity contribution >= 4 is 32.5 Å². The van der Waals surface area contributed by atoms with E-state index in [1.54, 1.807) is 4.57 Å². The van der Waals surface area contributed by atoms with Crippen molar-refractivity contribution < 1.29 is 4.74 Å². The van der Waals surface area contributed by atoms with Crippen LogP contribution < -0.4 is 11.1 Å². The Kier molecular flexibility index (Phi) is 4.57. The van der Waals surface area contributed by atoms with E-state index >= 15 is 0 Å². The topological polar surface area (TPSA) is 85.2 Å². The van der Waals surface area contributed by atoms with Crippen molar-refractivity contribution in [3.63, 3.8) is 0 Å². The highest BCUT2D eigenvalue weighted by molar-refractivity contribution is 7.20. The van der Waals surface area contributed by atoms with Crippen LogP contribution in [0.5, 0.6) is 0 Å². The number of aromatic amines is 1. The van der Waals surface area contributed by atoms with Crippen molar-refractivity contribution in [3.05, 3.63) is 56.7 Å². The summed E-state index contributed by atoms with van der Waals surface area (Å²) in [6.07, 6.45) is 0. The molecule has 4 heterocycles. The standard InChI is InChI=1S/C20H21N5O3S/c1-13-18-15(12-17(26)24(13)7-6-23-8-10-28-11-9-23)22-25(19(18)27)20-21-14-4-2-3-5-16(14)29-20/h2-5,12,22H,6-11H2,1H3. The van der Waals surface area contributed by atoms with Gasteiger partial charge in [0.15, 0.2) is 0 Å². The normalized spacial score (nSPS) is 15.5. The van der Waals surface area contributed by atoms with E-state index in [0.717, 1.165) is 43.1 Å². The van der Waals surface area contributed by atoms with Gasteiger partial charge >= 0.3 is 0 Å². The number of ether oxygens (including phenoxy) is 1. The number of nitrogens with zero attached hydrogens (tertiary/aromatic N) is 4. The van der Waals surface area contributed by atoms with Crippen molar-refractivity contribution in [3.8, 4) is 5.13 Å². The molecule has 4 aromatic rings. The zero-order chi connectivity index (χ0) is 20.0. The number of nitrogens with one attached hydrogen (secondary N) is 1. The van der Waals surface area contributed by atoms with Crippen LogP contribution in [0.4, 0.5) is 0 Å². The van der Waals surface area contributed by atoms with E-state index in [2.05, 4.69) is 15.0 Å². The molecular formula is C20H21N5O3S. The minimum atomic E-state index is -0.184. The molecule has 0 unspecified atom stereocenters. The molecule has 150 valence electrons. The molecule has 0 atom stereocenters. The van der Waals surface area contributed by atoms with Crippen LogP contribution in [0, 0.1) is 6.92 Å². The lowest BCUT2D eigenvalue weighted by Gasteiger charge is -2.27. The molecule has 0 spiro atoms. The van der Waals surface area contributed by atoms with Gasteiger partial charge in [-0.15, -0.1) is 0 Å². The second kappa shape index (κ2) is 7.25. The number of thiazole rings is 1. The number of aromatic nitrogens is 4. The molecule has 0 aliphatic carbocycles. The van der Waals surface area contributed by atoms with Crippen LogP contribution in [0.1, 0.15) is 5.69 Å². The number of hydrogen-bond acceptors (Lipinski definition) is 6. The fraction of sp³-hybridized carbons (Fsp3) is 0.350. The molecule has 0 amide bonds. The van der Waals surface area contributed by atoms with Gasteiger partial charge < -0.3 is 9.30 Å². The molecule has 0 saturated carbocycles. The summed E-state index contributed by atoms with van der Waals surface area (Å²) in [7, 11) is 0. The number of benzene rings is 1. The van der Waals surface area contributed by atoms with Crippen molar-refractivity contribution in [1.82, 2.24) is 24.2 Å². The molecule has 3 aromatic heterocycles. The van der Waals surface area contributed by atoms with Gasteiger partial charge in [0, 0.05) is 37.9 Å². The number of H-pyrrole nitrogens is 1. The number of aryl methyl sites for hydroxylation is 1. The minimum absolute atomic E-state index is 0.110. The predicted octanol–water partition coefficient (Wildman–Crippen LogP) is 1.73. The fourth-order valence-electron chi connectivity index (χ4n) is 3.84. The molecule has 1 N–H and O–H groups in total. The Balaban J connectivity index is 1.55. The zero-order valence-corrected chi connectivity index (χ0v) is 16.9. The smallest absolute Gasteiger partial charge is 0.282 e. The third-order valence-corrected chi connectivity index (χ3v) is 6.46. The van der Waals surface area contributed by atoms with Crippen molar-refractivity contribution in [2.75, 3.05) is 32.8 Å². The van der Waals surface area contributed by atoms with Gasteiger partial charge in [-0.25, -0.2) is 4.98 Å². The number of fused-ring (bicyclic) bond motifs is 2. The summed E-state index contributed by atoms with van der Waals surface area (Å²) < 4.78 is 9.51. The molecule has 1 aromatic carbocycles. The van der Waals surface area contributed by atoms with Crippen LogP contribution in [0.2, 0.25) is 0 Å². The van der Waals surface area contributed by atoms with E-state index in [0.29, 0.717) is 28.3 Å². The maximum atomic E-state index is 13.2. The third-order valence-electron chi connectivity index (χ3n) is 5.44. The average Bonchev–Trinajstić information content (AvgIpc) is 3.29. The van der Waals surface area contributed by atoms with E-state index in [9.17, 15) is 9.59 Å². The first kappa shape index (κ1) is 18.3. The molecule has 0 radical (unpaired) electrons. The second-order valence-corrected chi connectivity index (χ2v) is 8.19. The largest absolute Gasteiger partial charge is 0.379 e. The number of pyridine rings is 1. The van der Waals surface area contributed by atoms with Gasteiger partial charge in [-0.3, -0.25) is 19.6 Å². The summed E-state index contributed by atoms with van der Waals surface area (Å²) in [6, 6.07) is 9.27. The van der Waals surface area contributed by atoms with Crippen molar-refractivity contribution in [1.29, 1.82) is 0 Å². The highest BCUT2D eigenvalue weighted by Gasteiger charge is 2.18. The molecule has 8 nitrogen and oxygen atoms in total. The van der Waals surface area contributed by atoms with Crippen LogP contribution in [-0.2, 0) is 11.3 Å². The van der Waals surface area contributed by atoms with Gasteiger partial charge in [0.1, 0.15) is 0 Å². The zero-order valence-electron chi connectivity index (χ0n) is 16.1. The first-order valence-corrected chi connectivity index (χ1v) is 10.4.